The fraction of sp³-hybridized carbons (Fsp3) is 0.0435. The number of anilines is 1. The first kappa shape index (κ1) is 19.4. The fourth-order valence-corrected chi connectivity index (χ4v) is 3.39. The van der Waals surface area contributed by atoms with Crippen LogP contribution < -0.4 is 9.64 Å². The van der Waals surface area contributed by atoms with Crippen LogP contribution in [0.15, 0.2) is 88.0 Å². The van der Waals surface area contributed by atoms with Crippen LogP contribution in [-0.4, -0.2) is 18.9 Å². The molecule has 0 N–H and O–H groups in total. The number of nitrogens with zero attached hydrogens (tertiary/aromatic N) is 2. The average Bonchev–Trinajstić information content (AvgIpc) is 3.06. The van der Waals surface area contributed by atoms with Gasteiger partial charge in [-0.2, -0.15) is 0 Å². The average molecular weight is 468 g/mol. The molecule has 0 spiro atoms. The number of methoxy groups -OCH3 is 1. The van der Waals surface area contributed by atoms with Gasteiger partial charge in [0, 0.05) is 15.1 Å². The molecule has 0 fully saturated rings. The molecule has 0 unspecified atom stereocenters. The highest BCUT2D eigenvalue weighted by Crippen LogP contribution is 2.29. The van der Waals surface area contributed by atoms with E-state index in [0.717, 1.165) is 21.3 Å². The number of carbonyl (C=O) groups excluding carboxylic acids is 1. The van der Waals surface area contributed by atoms with Crippen LogP contribution in [0.4, 0.5) is 5.69 Å². The molecule has 4 rings (SSSR count). The number of amides is 1. The SMILES string of the molecule is COc1ccc(/C=C2/N=C(c3ccc(Br)cc3)N(c3ccc(Cl)cc3)C2=O)cc1. The van der Waals surface area contributed by atoms with Gasteiger partial charge in [0.2, 0.25) is 0 Å². The van der Waals surface area contributed by atoms with E-state index in [1.165, 1.54) is 0 Å². The molecular weight excluding hydrogens is 452 g/mol. The number of amidine groups is 1. The summed E-state index contributed by atoms with van der Waals surface area (Å²) in [6, 6.07) is 22.3. The molecule has 0 aromatic heterocycles. The maximum absolute atomic E-state index is 13.2. The summed E-state index contributed by atoms with van der Waals surface area (Å²) in [7, 11) is 1.62. The standard InChI is InChI=1S/C23H16BrClN2O2/c1-29-20-12-2-15(3-13-20)14-21-23(28)27(19-10-8-18(25)9-11-19)22(26-21)16-4-6-17(24)7-5-16/h2-14H,1H3/b21-14+. The Kier molecular flexibility index (Phi) is 5.51. The van der Waals surface area contributed by atoms with Crippen LogP contribution in [0, 0.1) is 0 Å². The fourth-order valence-electron chi connectivity index (χ4n) is 3.00. The molecule has 0 bridgehead atoms. The van der Waals surface area contributed by atoms with Crippen LogP contribution in [0.1, 0.15) is 11.1 Å². The maximum Gasteiger partial charge on any atom is 0.282 e. The number of aliphatic imine (C=N–C) groups is 1. The quantitative estimate of drug-likeness (QED) is 0.445. The zero-order valence-electron chi connectivity index (χ0n) is 15.5. The van der Waals surface area contributed by atoms with Crippen LogP contribution in [-0.2, 0) is 4.79 Å². The van der Waals surface area contributed by atoms with Crippen molar-refractivity contribution in [1.82, 2.24) is 0 Å². The van der Waals surface area contributed by atoms with Crippen LogP contribution in [0.5, 0.6) is 5.75 Å². The van der Waals surface area contributed by atoms with Gasteiger partial charge in [0.15, 0.2) is 0 Å². The van der Waals surface area contributed by atoms with Gasteiger partial charge >= 0.3 is 0 Å². The normalized spacial score (nSPS) is 15.0. The molecule has 0 saturated heterocycles. The van der Waals surface area contributed by atoms with E-state index in [9.17, 15) is 4.79 Å². The molecule has 0 atom stereocenters. The lowest BCUT2D eigenvalue weighted by atomic mass is 10.1. The Bertz CT molecular complexity index is 1110. The van der Waals surface area contributed by atoms with E-state index in [0.29, 0.717) is 22.2 Å². The number of benzene rings is 3. The van der Waals surface area contributed by atoms with Crippen molar-refractivity contribution >= 4 is 51.0 Å². The van der Waals surface area contributed by atoms with Gasteiger partial charge in [0.1, 0.15) is 17.3 Å². The summed E-state index contributed by atoms with van der Waals surface area (Å²) < 4.78 is 6.15. The second-order valence-corrected chi connectivity index (χ2v) is 7.71. The van der Waals surface area contributed by atoms with Crippen molar-refractivity contribution in [3.05, 3.63) is 99.1 Å². The Labute approximate surface area is 182 Å². The largest absolute Gasteiger partial charge is 0.497 e. The number of halogens is 2. The van der Waals surface area contributed by atoms with E-state index >= 15 is 0 Å². The predicted octanol–water partition coefficient (Wildman–Crippen LogP) is 5.95. The molecule has 0 saturated carbocycles. The van der Waals surface area contributed by atoms with E-state index in [1.807, 2.05) is 60.7 Å². The Morgan fingerprint density at radius 1 is 0.966 bits per heavy atom. The first-order chi connectivity index (χ1) is 14.0. The Balaban J connectivity index is 1.78. The lowest BCUT2D eigenvalue weighted by Crippen LogP contribution is -2.32. The van der Waals surface area contributed by atoms with Crippen LogP contribution in [0.2, 0.25) is 5.02 Å². The molecule has 0 radical (unpaired) electrons. The lowest BCUT2D eigenvalue weighted by Gasteiger charge is -2.18. The molecule has 6 heteroatoms. The van der Waals surface area contributed by atoms with Gasteiger partial charge in [-0.3, -0.25) is 9.69 Å². The monoisotopic (exact) mass is 466 g/mol. The van der Waals surface area contributed by atoms with Gasteiger partial charge in [-0.05, 0) is 60.2 Å². The zero-order chi connectivity index (χ0) is 20.4. The minimum Gasteiger partial charge on any atom is -0.497 e. The van der Waals surface area contributed by atoms with E-state index in [1.54, 1.807) is 30.2 Å². The van der Waals surface area contributed by atoms with Crippen molar-refractivity contribution in [3.63, 3.8) is 0 Å². The van der Waals surface area contributed by atoms with Crippen LogP contribution in [0.3, 0.4) is 0 Å². The Hall–Kier alpha value is -2.89. The van der Waals surface area contributed by atoms with Crippen molar-refractivity contribution < 1.29 is 9.53 Å². The van der Waals surface area contributed by atoms with Crippen molar-refractivity contribution in [2.45, 2.75) is 0 Å². The molecule has 144 valence electrons. The highest BCUT2D eigenvalue weighted by Gasteiger charge is 2.32. The third-order valence-electron chi connectivity index (χ3n) is 4.47. The second kappa shape index (κ2) is 8.23. The molecule has 3 aromatic rings. The first-order valence-corrected chi connectivity index (χ1v) is 10.0. The maximum atomic E-state index is 13.2. The second-order valence-electron chi connectivity index (χ2n) is 6.36. The van der Waals surface area contributed by atoms with Crippen molar-refractivity contribution in [3.8, 4) is 5.75 Å². The number of hydrogen-bond donors (Lipinski definition) is 0. The van der Waals surface area contributed by atoms with Crippen molar-refractivity contribution in [2.24, 2.45) is 4.99 Å². The molecule has 4 nitrogen and oxygen atoms in total. The smallest absolute Gasteiger partial charge is 0.282 e. The molecule has 1 aliphatic rings. The van der Waals surface area contributed by atoms with Crippen molar-refractivity contribution in [1.29, 1.82) is 0 Å². The van der Waals surface area contributed by atoms with E-state index < -0.39 is 0 Å². The van der Waals surface area contributed by atoms with Gasteiger partial charge in [-0.25, -0.2) is 4.99 Å². The summed E-state index contributed by atoms with van der Waals surface area (Å²) in [5.41, 5.74) is 2.78. The summed E-state index contributed by atoms with van der Waals surface area (Å²) in [6.45, 7) is 0. The van der Waals surface area contributed by atoms with Gasteiger partial charge < -0.3 is 4.74 Å². The molecule has 0 aliphatic carbocycles. The molecular formula is C23H16BrClN2O2. The van der Waals surface area contributed by atoms with Gasteiger partial charge in [-0.15, -0.1) is 0 Å². The highest BCUT2D eigenvalue weighted by atomic mass is 79.9. The molecule has 1 amide bonds. The lowest BCUT2D eigenvalue weighted by molar-refractivity contribution is -0.113. The van der Waals surface area contributed by atoms with Crippen LogP contribution >= 0.6 is 27.5 Å². The summed E-state index contributed by atoms with van der Waals surface area (Å²) in [6.07, 6.45) is 1.77. The number of hydrogen-bond acceptors (Lipinski definition) is 3. The summed E-state index contributed by atoms with van der Waals surface area (Å²) in [5.74, 6) is 1.14. The molecule has 3 aromatic carbocycles. The number of carbonyl (C=O) groups is 1. The van der Waals surface area contributed by atoms with Crippen molar-refractivity contribution in [2.75, 3.05) is 12.0 Å². The van der Waals surface area contributed by atoms with Gasteiger partial charge in [0.25, 0.3) is 5.91 Å². The third kappa shape index (κ3) is 4.11. The van der Waals surface area contributed by atoms with Gasteiger partial charge in [-0.1, -0.05) is 51.8 Å². The third-order valence-corrected chi connectivity index (χ3v) is 5.25. The predicted molar refractivity (Wildman–Crippen MR) is 121 cm³/mol. The Morgan fingerprint density at radius 2 is 1.62 bits per heavy atom. The molecule has 29 heavy (non-hydrogen) atoms. The summed E-state index contributed by atoms with van der Waals surface area (Å²) >= 11 is 9.47. The molecule has 1 aliphatic heterocycles. The Morgan fingerprint density at radius 3 is 2.24 bits per heavy atom. The minimum absolute atomic E-state index is 0.193. The van der Waals surface area contributed by atoms with E-state index in [4.69, 9.17) is 16.3 Å². The van der Waals surface area contributed by atoms with E-state index in [2.05, 4.69) is 20.9 Å². The highest BCUT2D eigenvalue weighted by molar-refractivity contribution is 9.10. The summed E-state index contributed by atoms with van der Waals surface area (Å²) in [5, 5.41) is 0.608. The summed E-state index contributed by atoms with van der Waals surface area (Å²) in [4.78, 5) is 19.5. The van der Waals surface area contributed by atoms with Gasteiger partial charge in [0.05, 0.1) is 12.8 Å². The molecule has 1 heterocycles. The topological polar surface area (TPSA) is 41.9 Å². The van der Waals surface area contributed by atoms with Crippen LogP contribution in [0.25, 0.3) is 6.08 Å². The van der Waals surface area contributed by atoms with E-state index in [-0.39, 0.29) is 5.91 Å². The number of ether oxygens (including phenoxy) is 1. The number of rotatable bonds is 4. The first-order valence-electron chi connectivity index (χ1n) is 8.85. The minimum atomic E-state index is -0.193. The zero-order valence-corrected chi connectivity index (χ0v) is 17.8.